The molecule has 0 spiro atoms. The Bertz CT molecular complexity index is 787. The fraction of sp³-hybridized carbons (Fsp3) is 0.471. The van der Waals surface area contributed by atoms with E-state index in [1.807, 2.05) is 18.2 Å². The van der Waals surface area contributed by atoms with E-state index in [0.717, 1.165) is 53.0 Å². The first kappa shape index (κ1) is 19.3. The standard InChI is InChI=1S/C17H22N4O2S3/c1-3-20-6-8-21(9-7-20)17(24)25-11-15(22)19-16-18-13-5-4-12(23-2)10-14(13)26-16/h4-5,10H,3,6-9,11H2,1-2H3,(H,18,19,22). The van der Waals surface area contributed by atoms with Crippen LogP contribution in [0.15, 0.2) is 18.2 Å². The summed E-state index contributed by atoms with van der Waals surface area (Å²) in [5.41, 5.74) is 0.850. The molecular weight excluding hydrogens is 388 g/mol. The Morgan fingerprint density at radius 3 is 2.85 bits per heavy atom. The van der Waals surface area contributed by atoms with Crippen LogP contribution < -0.4 is 10.1 Å². The van der Waals surface area contributed by atoms with Crippen molar-refractivity contribution in [1.29, 1.82) is 0 Å². The van der Waals surface area contributed by atoms with Crippen molar-refractivity contribution >= 4 is 60.9 Å². The zero-order chi connectivity index (χ0) is 18.5. The summed E-state index contributed by atoms with van der Waals surface area (Å²) in [6.45, 7) is 7.16. The molecule has 0 unspecified atom stereocenters. The molecule has 2 aromatic rings. The molecule has 6 nitrogen and oxygen atoms in total. The van der Waals surface area contributed by atoms with Crippen LogP contribution in [0.3, 0.4) is 0 Å². The largest absolute Gasteiger partial charge is 0.497 e. The summed E-state index contributed by atoms with van der Waals surface area (Å²) in [6, 6.07) is 5.67. The van der Waals surface area contributed by atoms with Crippen LogP contribution in [0.25, 0.3) is 10.2 Å². The minimum atomic E-state index is -0.0874. The Kier molecular flexibility index (Phi) is 6.68. The number of carbonyl (C=O) groups is 1. The van der Waals surface area contributed by atoms with Gasteiger partial charge in [-0.1, -0.05) is 42.2 Å². The predicted molar refractivity (Wildman–Crippen MR) is 114 cm³/mol. The predicted octanol–water partition coefficient (Wildman–Crippen LogP) is 2.90. The van der Waals surface area contributed by atoms with Crippen LogP contribution in [0.2, 0.25) is 0 Å². The van der Waals surface area contributed by atoms with Gasteiger partial charge in [-0.05, 0) is 24.7 Å². The number of carbonyl (C=O) groups excluding carboxylic acids is 1. The zero-order valence-corrected chi connectivity index (χ0v) is 17.3. The molecule has 2 heterocycles. The maximum atomic E-state index is 12.2. The first-order chi connectivity index (χ1) is 12.6. The number of ether oxygens (including phenoxy) is 1. The Labute approximate surface area is 166 Å². The third-order valence-corrected chi connectivity index (χ3v) is 6.70. The van der Waals surface area contributed by atoms with Gasteiger partial charge in [0.15, 0.2) is 5.13 Å². The second-order valence-corrected chi connectivity index (χ2v) is 8.52. The third kappa shape index (κ3) is 4.85. The van der Waals surface area contributed by atoms with Crippen LogP contribution in [0, 0.1) is 0 Å². The molecule has 0 radical (unpaired) electrons. The summed E-state index contributed by atoms with van der Waals surface area (Å²) >= 11 is 8.33. The summed E-state index contributed by atoms with van der Waals surface area (Å²) in [7, 11) is 1.63. The molecule has 1 aliphatic rings. The van der Waals surface area contributed by atoms with Gasteiger partial charge in [-0.2, -0.15) is 0 Å². The van der Waals surface area contributed by atoms with Crippen molar-refractivity contribution in [2.45, 2.75) is 6.92 Å². The number of thiocarbonyl (C=S) groups is 1. The molecule has 140 valence electrons. The number of amides is 1. The number of likely N-dealkylation sites (N-methyl/N-ethyl adjacent to an activating group) is 1. The van der Waals surface area contributed by atoms with Crippen molar-refractivity contribution in [1.82, 2.24) is 14.8 Å². The lowest BCUT2D eigenvalue weighted by atomic mass is 10.3. The first-order valence-corrected chi connectivity index (χ1v) is 10.7. The summed E-state index contributed by atoms with van der Waals surface area (Å²) < 4.78 is 6.99. The van der Waals surface area contributed by atoms with Crippen LogP contribution in [0.1, 0.15) is 6.92 Å². The lowest BCUT2D eigenvalue weighted by Gasteiger charge is -2.35. The number of thiazole rings is 1. The lowest BCUT2D eigenvalue weighted by Crippen LogP contribution is -2.47. The molecule has 0 atom stereocenters. The number of piperazine rings is 1. The van der Waals surface area contributed by atoms with Crippen molar-refractivity contribution in [3.8, 4) is 5.75 Å². The quantitative estimate of drug-likeness (QED) is 0.761. The van der Waals surface area contributed by atoms with Gasteiger partial charge in [0, 0.05) is 26.2 Å². The molecule has 26 heavy (non-hydrogen) atoms. The molecule has 1 aromatic heterocycles. The Hall–Kier alpha value is -1.42. The van der Waals surface area contributed by atoms with Crippen molar-refractivity contribution < 1.29 is 9.53 Å². The van der Waals surface area contributed by atoms with Gasteiger partial charge in [0.05, 0.1) is 23.1 Å². The molecular formula is C17H22N4O2S3. The molecule has 1 aliphatic heterocycles. The maximum absolute atomic E-state index is 12.2. The summed E-state index contributed by atoms with van der Waals surface area (Å²) in [4.78, 5) is 21.2. The molecule has 1 aromatic carbocycles. The number of benzene rings is 1. The van der Waals surface area contributed by atoms with Gasteiger partial charge in [0.25, 0.3) is 0 Å². The van der Waals surface area contributed by atoms with Crippen molar-refractivity contribution in [3.63, 3.8) is 0 Å². The number of hydrogen-bond donors (Lipinski definition) is 1. The first-order valence-electron chi connectivity index (χ1n) is 8.47. The summed E-state index contributed by atoms with van der Waals surface area (Å²) in [6.07, 6.45) is 0. The highest BCUT2D eigenvalue weighted by atomic mass is 32.2. The topological polar surface area (TPSA) is 57.7 Å². The fourth-order valence-corrected chi connectivity index (χ4v) is 4.67. The molecule has 1 amide bonds. The molecule has 9 heteroatoms. The number of aromatic nitrogens is 1. The lowest BCUT2D eigenvalue weighted by molar-refractivity contribution is -0.113. The van der Waals surface area contributed by atoms with Crippen LogP contribution in [-0.2, 0) is 4.79 Å². The number of nitrogens with zero attached hydrogens (tertiary/aromatic N) is 3. The average molecular weight is 411 g/mol. The Morgan fingerprint density at radius 2 is 2.15 bits per heavy atom. The maximum Gasteiger partial charge on any atom is 0.236 e. The van der Waals surface area contributed by atoms with Crippen LogP contribution in [0.5, 0.6) is 5.75 Å². The van der Waals surface area contributed by atoms with Crippen molar-refractivity contribution in [2.24, 2.45) is 0 Å². The van der Waals surface area contributed by atoms with Gasteiger partial charge >= 0.3 is 0 Å². The Balaban J connectivity index is 1.49. The van der Waals surface area contributed by atoms with E-state index in [2.05, 4.69) is 27.0 Å². The minimum Gasteiger partial charge on any atom is -0.497 e. The smallest absolute Gasteiger partial charge is 0.236 e. The SMILES string of the molecule is CCN1CCN(C(=S)SCC(=O)Nc2nc3ccc(OC)cc3s2)CC1. The summed E-state index contributed by atoms with van der Waals surface area (Å²) in [5, 5.41) is 3.46. The third-order valence-electron chi connectivity index (χ3n) is 4.25. The highest BCUT2D eigenvalue weighted by Gasteiger charge is 2.19. The van der Waals surface area contributed by atoms with Gasteiger partial charge in [0.2, 0.25) is 5.91 Å². The number of hydrogen-bond acceptors (Lipinski definition) is 7. The van der Waals surface area contributed by atoms with Gasteiger partial charge in [0.1, 0.15) is 10.1 Å². The number of nitrogens with one attached hydrogen (secondary N) is 1. The van der Waals surface area contributed by atoms with E-state index in [-0.39, 0.29) is 5.91 Å². The van der Waals surface area contributed by atoms with Crippen LogP contribution >= 0.6 is 35.3 Å². The highest BCUT2D eigenvalue weighted by molar-refractivity contribution is 8.23. The van der Waals surface area contributed by atoms with E-state index >= 15 is 0 Å². The van der Waals surface area contributed by atoms with E-state index in [0.29, 0.717) is 10.9 Å². The molecule has 1 N–H and O–H groups in total. The number of thioether (sulfide) groups is 1. The molecule has 3 rings (SSSR count). The molecule has 0 bridgehead atoms. The fourth-order valence-electron chi connectivity index (χ4n) is 2.71. The minimum absolute atomic E-state index is 0.0874. The number of rotatable bonds is 5. The van der Waals surface area contributed by atoms with E-state index in [4.69, 9.17) is 17.0 Å². The number of methoxy groups -OCH3 is 1. The number of anilines is 1. The second-order valence-electron chi connectivity index (χ2n) is 5.88. The zero-order valence-electron chi connectivity index (χ0n) is 14.9. The van der Waals surface area contributed by atoms with Gasteiger partial charge in [-0.25, -0.2) is 4.98 Å². The normalized spacial score (nSPS) is 15.2. The van der Waals surface area contributed by atoms with E-state index in [1.54, 1.807) is 7.11 Å². The van der Waals surface area contributed by atoms with E-state index in [1.165, 1.54) is 23.1 Å². The molecule has 0 saturated carbocycles. The number of fused-ring (bicyclic) bond motifs is 1. The van der Waals surface area contributed by atoms with Gasteiger partial charge < -0.3 is 19.9 Å². The van der Waals surface area contributed by atoms with Crippen molar-refractivity contribution in [3.05, 3.63) is 18.2 Å². The summed E-state index contributed by atoms with van der Waals surface area (Å²) in [5.74, 6) is 0.991. The van der Waals surface area contributed by atoms with Crippen LogP contribution in [0.4, 0.5) is 5.13 Å². The van der Waals surface area contributed by atoms with E-state index < -0.39 is 0 Å². The van der Waals surface area contributed by atoms with E-state index in [9.17, 15) is 4.79 Å². The second kappa shape index (κ2) is 8.98. The Morgan fingerprint density at radius 1 is 1.38 bits per heavy atom. The molecule has 1 saturated heterocycles. The van der Waals surface area contributed by atoms with Gasteiger partial charge in [-0.15, -0.1) is 0 Å². The van der Waals surface area contributed by atoms with Crippen molar-refractivity contribution in [2.75, 3.05) is 50.9 Å². The van der Waals surface area contributed by atoms with Gasteiger partial charge in [-0.3, -0.25) is 4.79 Å². The van der Waals surface area contributed by atoms with Crippen LogP contribution in [-0.4, -0.2) is 70.6 Å². The monoisotopic (exact) mass is 410 g/mol. The highest BCUT2D eigenvalue weighted by Crippen LogP contribution is 2.29. The average Bonchev–Trinajstić information content (AvgIpc) is 3.07. The molecule has 0 aliphatic carbocycles. The molecule has 1 fully saturated rings.